The predicted octanol–water partition coefficient (Wildman–Crippen LogP) is 3.15. The predicted molar refractivity (Wildman–Crippen MR) is 94.8 cm³/mol. The van der Waals surface area contributed by atoms with Crippen LogP contribution in [-0.2, 0) is 9.59 Å². The number of hydrogen-bond donors (Lipinski definition) is 2. The van der Waals surface area contributed by atoms with Crippen molar-refractivity contribution in [1.82, 2.24) is 4.90 Å². The third-order valence-electron chi connectivity index (χ3n) is 3.45. The standard InChI is InChI=1S/C16H23Cl2N3O2/c1-5-21(15(23)14(19)16(2,3)4)9-12(22)20-13-10(17)7-6-8-11(13)18/h6-8,14H,5,9,19H2,1-4H3,(H,20,22)/t14-/m1/s1. The molecule has 0 spiro atoms. The molecule has 23 heavy (non-hydrogen) atoms. The summed E-state index contributed by atoms with van der Waals surface area (Å²) in [6.45, 7) is 7.71. The molecule has 1 atom stereocenters. The average molecular weight is 360 g/mol. The highest BCUT2D eigenvalue weighted by Crippen LogP contribution is 2.29. The smallest absolute Gasteiger partial charge is 0.244 e. The van der Waals surface area contributed by atoms with Crippen LogP contribution in [-0.4, -0.2) is 35.8 Å². The average Bonchev–Trinajstić information content (AvgIpc) is 2.46. The summed E-state index contributed by atoms with van der Waals surface area (Å²) in [5, 5.41) is 3.32. The molecule has 1 aromatic rings. The zero-order chi connectivity index (χ0) is 17.8. The second kappa shape index (κ2) is 7.99. The number of nitrogens with zero attached hydrogens (tertiary/aromatic N) is 1. The Balaban J connectivity index is 2.80. The van der Waals surface area contributed by atoms with Crippen LogP contribution in [0.15, 0.2) is 18.2 Å². The van der Waals surface area contributed by atoms with E-state index in [1.165, 1.54) is 4.90 Å². The van der Waals surface area contributed by atoms with Gasteiger partial charge in [-0.3, -0.25) is 9.59 Å². The lowest BCUT2D eigenvalue weighted by Crippen LogP contribution is -2.52. The minimum absolute atomic E-state index is 0.110. The van der Waals surface area contributed by atoms with Crippen molar-refractivity contribution in [3.63, 3.8) is 0 Å². The number of para-hydroxylation sites is 1. The summed E-state index contributed by atoms with van der Waals surface area (Å²) in [5.74, 6) is -0.642. The van der Waals surface area contributed by atoms with Crippen LogP contribution in [0.3, 0.4) is 0 Å². The van der Waals surface area contributed by atoms with Gasteiger partial charge in [-0.15, -0.1) is 0 Å². The van der Waals surface area contributed by atoms with Crippen LogP contribution in [0.2, 0.25) is 10.0 Å². The van der Waals surface area contributed by atoms with Crippen LogP contribution in [0.5, 0.6) is 0 Å². The van der Waals surface area contributed by atoms with Crippen molar-refractivity contribution in [2.24, 2.45) is 11.1 Å². The summed E-state index contributed by atoms with van der Waals surface area (Å²) >= 11 is 12.0. The summed E-state index contributed by atoms with van der Waals surface area (Å²) in [7, 11) is 0. The van der Waals surface area contributed by atoms with Crippen molar-refractivity contribution >= 4 is 40.7 Å². The van der Waals surface area contributed by atoms with Gasteiger partial charge in [0.1, 0.15) is 0 Å². The summed E-state index contributed by atoms with van der Waals surface area (Å²) < 4.78 is 0. The van der Waals surface area contributed by atoms with Crippen molar-refractivity contribution in [2.75, 3.05) is 18.4 Å². The molecule has 3 N–H and O–H groups in total. The number of likely N-dealkylation sites (N-methyl/N-ethyl adjacent to an activating group) is 1. The topological polar surface area (TPSA) is 75.4 Å². The van der Waals surface area contributed by atoms with Crippen molar-refractivity contribution in [2.45, 2.75) is 33.7 Å². The molecule has 5 nitrogen and oxygen atoms in total. The maximum Gasteiger partial charge on any atom is 0.244 e. The van der Waals surface area contributed by atoms with Crippen molar-refractivity contribution in [3.05, 3.63) is 28.2 Å². The van der Waals surface area contributed by atoms with E-state index in [-0.39, 0.29) is 23.8 Å². The molecule has 1 aromatic carbocycles. The van der Waals surface area contributed by atoms with Crippen molar-refractivity contribution in [1.29, 1.82) is 0 Å². The van der Waals surface area contributed by atoms with Gasteiger partial charge >= 0.3 is 0 Å². The highest BCUT2D eigenvalue weighted by atomic mass is 35.5. The van der Waals surface area contributed by atoms with Crippen molar-refractivity contribution < 1.29 is 9.59 Å². The Hall–Kier alpha value is -1.30. The van der Waals surface area contributed by atoms with Gasteiger partial charge < -0.3 is 16.0 Å². The molecule has 1 rings (SSSR count). The highest BCUT2D eigenvalue weighted by Gasteiger charge is 2.31. The Morgan fingerprint density at radius 1 is 1.26 bits per heavy atom. The minimum atomic E-state index is -0.681. The second-order valence-corrected chi connectivity index (χ2v) is 7.16. The first-order chi connectivity index (χ1) is 10.6. The van der Waals surface area contributed by atoms with Gasteiger partial charge in [-0.25, -0.2) is 0 Å². The van der Waals surface area contributed by atoms with Crippen molar-refractivity contribution in [3.8, 4) is 0 Å². The lowest BCUT2D eigenvalue weighted by atomic mass is 9.86. The molecule has 0 aromatic heterocycles. The number of hydrogen-bond acceptors (Lipinski definition) is 3. The van der Waals surface area contributed by atoms with Gasteiger partial charge in [-0.1, -0.05) is 50.0 Å². The molecule has 0 saturated carbocycles. The summed E-state index contributed by atoms with van der Waals surface area (Å²) in [4.78, 5) is 26.0. The third-order valence-corrected chi connectivity index (χ3v) is 4.08. The number of halogens is 2. The number of nitrogens with two attached hydrogens (primary N) is 1. The summed E-state index contributed by atoms with van der Waals surface area (Å²) in [6, 6.07) is 4.26. The second-order valence-electron chi connectivity index (χ2n) is 6.34. The van der Waals surface area contributed by atoms with E-state index in [2.05, 4.69) is 5.32 Å². The maximum absolute atomic E-state index is 12.4. The molecule has 0 aliphatic rings. The Bertz CT molecular complexity index is 565. The fourth-order valence-corrected chi connectivity index (χ4v) is 2.37. The molecular weight excluding hydrogens is 337 g/mol. The normalized spacial score (nSPS) is 12.7. The molecule has 7 heteroatoms. The molecule has 128 valence electrons. The molecule has 0 fully saturated rings. The minimum Gasteiger partial charge on any atom is -0.332 e. The van der Waals surface area contributed by atoms with Crippen LogP contribution in [0, 0.1) is 5.41 Å². The monoisotopic (exact) mass is 359 g/mol. The lowest BCUT2D eigenvalue weighted by molar-refractivity contribution is -0.137. The van der Waals surface area contributed by atoms with E-state index in [9.17, 15) is 9.59 Å². The number of rotatable bonds is 5. The van der Waals surface area contributed by atoms with Gasteiger partial charge in [0.25, 0.3) is 0 Å². The van der Waals surface area contributed by atoms with Gasteiger partial charge in [0.15, 0.2) is 0 Å². The first kappa shape index (κ1) is 19.7. The molecule has 0 aliphatic carbocycles. The van der Waals surface area contributed by atoms with Gasteiger partial charge in [0.05, 0.1) is 28.3 Å². The first-order valence-electron chi connectivity index (χ1n) is 7.36. The Morgan fingerprint density at radius 3 is 2.22 bits per heavy atom. The lowest BCUT2D eigenvalue weighted by Gasteiger charge is -2.31. The first-order valence-corrected chi connectivity index (χ1v) is 8.11. The van der Waals surface area contributed by atoms with Crippen LogP contribution in [0.1, 0.15) is 27.7 Å². The quantitative estimate of drug-likeness (QED) is 0.847. The number of benzene rings is 1. The maximum atomic E-state index is 12.4. The fraction of sp³-hybridized carbons (Fsp3) is 0.500. The number of amides is 2. The van der Waals surface area contributed by atoms with Crippen LogP contribution in [0.25, 0.3) is 0 Å². The Morgan fingerprint density at radius 2 is 1.78 bits per heavy atom. The largest absolute Gasteiger partial charge is 0.332 e. The molecule has 0 radical (unpaired) electrons. The van der Waals surface area contributed by atoms with E-state index in [1.54, 1.807) is 25.1 Å². The fourth-order valence-electron chi connectivity index (χ4n) is 1.88. The molecule has 0 aliphatic heterocycles. The van der Waals surface area contributed by atoms with E-state index in [1.807, 2.05) is 20.8 Å². The molecular formula is C16H23Cl2N3O2. The van der Waals surface area contributed by atoms with Crippen LogP contribution >= 0.6 is 23.2 Å². The number of carbonyl (C=O) groups excluding carboxylic acids is 2. The summed E-state index contributed by atoms with van der Waals surface area (Å²) in [5.41, 5.74) is 5.94. The molecule has 2 amide bonds. The van der Waals surface area contributed by atoms with Gasteiger partial charge in [-0.05, 0) is 24.5 Å². The number of carbonyl (C=O) groups is 2. The van der Waals surface area contributed by atoms with E-state index in [0.29, 0.717) is 22.3 Å². The van der Waals surface area contributed by atoms with E-state index < -0.39 is 6.04 Å². The highest BCUT2D eigenvalue weighted by molar-refractivity contribution is 6.39. The third kappa shape index (κ3) is 5.37. The van der Waals surface area contributed by atoms with Gasteiger partial charge in [-0.2, -0.15) is 0 Å². The Kier molecular flexibility index (Phi) is 6.86. The van der Waals surface area contributed by atoms with Gasteiger partial charge in [0.2, 0.25) is 11.8 Å². The molecule has 0 unspecified atom stereocenters. The van der Waals surface area contributed by atoms with Crippen LogP contribution in [0.4, 0.5) is 5.69 Å². The van der Waals surface area contributed by atoms with E-state index in [4.69, 9.17) is 28.9 Å². The summed E-state index contributed by atoms with van der Waals surface area (Å²) in [6.07, 6.45) is 0. The Labute approximate surface area is 147 Å². The van der Waals surface area contributed by atoms with E-state index in [0.717, 1.165) is 0 Å². The zero-order valence-electron chi connectivity index (χ0n) is 13.8. The SMILES string of the molecule is CCN(CC(=O)Nc1c(Cl)cccc1Cl)C(=O)[C@@H](N)C(C)(C)C. The van der Waals surface area contributed by atoms with E-state index >= 15 is 0 Å². The molecule has 0 saturated heterocycles. The zero-order valence-corrected chi connectivity index (χ0v) is 15.3. The number of anilines is 1. The molecule has 0 bridgehead atoms. The van der Waals surface area contributed by atoms with Gasteiger partial charge in [0, 0.05) is 6.54 Å². The number of nitrogens with one attached hydrogen (secondary N) is 1. The van der Waals surface area contributed by atoms with Crippen LogP contribution < -0.4 is 11.1 Å². The molecule has 0 heterocycles.